The monoisotopic (exact) mass is 339 g/mol. The summed E-state index contributed by atoms with van der Waals surface area (Å²) in [5.74, 6) is -1.59. The van der Waals surface area contributed by atoms with E-state index in [-0.39, 0.29) is 34.4 Å². The summed E-state index contributed by atoms with van der Waals surface area (Å²) >= 11 is 0.889. The van der Waals surface area contributed by atoms with Gasteiger partial charge < -0.3 is 5.11 Å². The van der Waals surface area contributed by atoms with E-state index in [4.69, 9.17) is 5.11 Å². The van der Waals surface area contributed by atoms with Crippen molar-refractivity contribution in [2.75, 3.05) is 24.6 Å². The number of carboxylic acids is 1. The minimum absolute atomic E-state index is 0.0503. The van der Waals surface area contributed by atoms with Crippen LogP contribution >= 0.6 is 11.3 Å². The Hall–Kier alpha value is -0.970. The van der Waals surface area contributed by atoms with Gasteiger partial charge in [-0.05, 0) is 13.0 Å². The van der Waals surface area contributed by atoms with Crippen LogP contribution in [0.1, 0.15) is 14.5 Å². The Morgan fingerprint density at radius 2 is 1.90 bits per heavy atom. The number of rotatable bonds is 3. The smallest absolute Gasteiger partial charge is 0.345 e. The van der Waals surface area contributed by atoms with Crippen LogP contribution in [0.25, 0.3) is 0 Å². The van der Waals surface area contributed by atoms with E-state index in [0.29, 0.717) is 4.88 Å². The van der Waals surface area contributed by atoms with Gasteiger partial charge in [0, 0.05) is 18.0 Å². The van der Waals surface area contributed by atoms with Crippen LogP contribution in [0.4, 0.5) is 0 Å². The standard InChI is InChI=1S/C10H13NO6S3/c1-7-9(6-8(18-7)10(12)13)20(16,17)11-2-4-19(14,15)5-3-11/h6H,2-5H2,1H3,(H,12,13). The molecular formula is C10H13NO6S3. The molecule has 0 radical (unpaired) electrons. The minimum atomic E-state index is -3.84. The number of carboxylic acid groups (broad SMARTS) is 1. The van der Waals surface area contributed by atoms with Gasteiger partial charge in [-0.3, -0.25) is 0 Å². The molecule has 20 heavy (non-hydrogen) atoms. The second-order valence-electron chi connectivity index (χ2n) is 4.39. The zero-order chi connectivity index (χ0) is 15.1. The van der Waals surface area contributed by atoms with Crippen LogP contribution in [0, 0.1) is 6.92 Å². The summed E-state index contributed by atoms with van der Waals surface area (Å²) in [7, 11) is -7.01. The molecule has 0 amide bonds. The number of hydrogen-bond acceptors (Lipinski definition) is 6. The van der Waals surface area contributed by atoms with Gasteiger partial charge in [0.25, 0.3) is 0 Å². The fraction of sp³-hybridized carbons (Fsp3) is 0.500. The summed E-state index contributed by atoms with van der Waals surface area (Å²) in [5, 5.41) is 8.89. The molecule has 1 fully saturated rings. The summed E-state index contributed by atoms with van der Waals surface area (Å²) < 4.78 is 48.5. The maximum atomic E-state index is 12.4. The van der Waals surface area contributed by atoms with Gasteiger partial charge in [0.1, 0.15) is 4.88 Å². The third-order valence-electron chi connectivity index (χ3n) is 3.00. The Morgan fingerprint density at radius 1 is 1.35 bits per heavy atom. The Kier molecular flexibility index (Phi) is 3.93. The normalized spacial score (nSPS) is 19.9. The maximum Gasteiger partial charge on any atom is 0.345 e. The van der Waals surface area contributed by atoms with Crippen LogP contribution in [0.2, 0.25) is 0 Å². The Morgan fingerprint density at radius 3 is 2.35 bits per heavy atom. The summed E-state index contributed by atoms with van der Waals surface area (Å²) in [5.41, 5.74) is 0. The number of carbonyl (C=O) groups is 1. The first-order chi connectivity index (χ1) is 9.13. The number of aromatic carboxylic acids is 1. The molecule has 0 bridgehead atoms. The second-order valence-corrected chi connectivity index (χ2v) is 9.86. The van der Waals surface area contributed by atoms with Gasteiger partial charge in [0.2, 0.25) is 10.0 Å². The van der Waals surface area contributed by atoms with E-state index in [0.717, 1.165) is 21.7 Å². The highest BCUT2D eigenvalue weighted by atomic mass is 32.2. The van der Waals surface area contributed by atoms with Crippen molar-refractivity contribution in [3.8, 4) is 0 Å². The molecule has 1 aliphatic heterocycles. The number of sulfonamides is 1. The first-order valence-electron chi connectivity index (χ1n) is 5.68. The molecule has 1 N–H and O–H groups in total. The predicted molar refractivity (Wildman–Crippen MR) is 73.4 cm³/mol. The van der Waals surface area contributed by atoms with Gasteiger partial charge in [0.15, 0.2) is 9.84 Å². The summed E-state index contributed by atoms with van der Waals surface area (Å²) in [6.07, 6.45) is 0. The van der Waals surface area contributed by atoms with Gasteiger partial charge in [-0.25, -0.2) is 21.6 Å². The fourth-order valence-corrected chi connectivity index (χ4v) is 6.17. The van der Waals surface area contributed by atoms with Crippen molar-refractivity contribution < 1.29 is 26.7 Å². The Labute approximate surface area is 120 Å². The molecule has 1 saturated heterocycles. The van der Waals surface area contributed by atoms with Crippen molar-refractivity contribution in [2.45, 2.75) is 11.8 Å². The molecule has 112 valence electrons. The average molecular weight is 339 g/mol. The molecule has 1 aliphatic rings. The van der Waals surface area contributed by atoms with Crippen molar-refractivity contribution in [3.63, 3.8) is 0 Å². The molecule has 0 aliphatic carbocycles. The highest BCUT2D eigenvalue weighted by molar-refractivity contribution is 7.92. The van der Waals surface area contributed by atoms with Crippen LogP contribution in [0.5, 0.6) is 0 Å². The molecule has 2 rings (SSSR count). The largest absolute Gasteiger partial charge is 0.477 e. The zero-order valence-electron chi connectivity index (χ0n) is 10.6. The average Bonchev–Trinajstić information content (AvgIpc) is 2.71. The van der Waals surface area contributed by atoms with Gasteiger partial charge >= 0.3 is 5.97 Å². The molecule has 0 atom stereocenters. The molecular weight excluding hydrogens is 326 g/mol. The molecule has 2 heterocycles. The van der Waals surface area contributed by atoms with Gasteiger partial charge in [-0.1, -0.05) is 0 Å². The third-order valence-corrected chi connectivity index (χ3v) is 7.81. The van der Waals surface area contributed by atoms with Crippen molar-refractivity contribution in [2.24, 2.45) is 0 Å². The van der Waals surface area contributed by atoms with E-state index in [1.165, 1.54) is 6.92 Å². The SMILES string of the molecule is Cc1sc(C(=O)O)cc1S(=O)(=O)N1CCS(=O)(=O)CC1. The van der Waals surface area contributed by atoms with Crippen LogP contribution in [0.3, 0.4) is 0 Å². The third kappa shape index (κ3) is 2.87. The van der Waals surface area contributed by atoms with Crippen molar-refractivity contribution in [1.82, 2.24) is 4.31 Å². The quantitative estimate of drug-likeness (QED) is 0.841. The lowest BCUT2D eigenvalue weighted by atomic mass is 10.4. The van der Waals surface area contributed by atoms with Crippen LogP contribution in [0.15, 0.2) is 11.0 Å². The van der Waals surface area contributed by atoms with Crippen LogP contribution < -0.4 is 0 Å². The first kappa shape index (κ1) is 15.4. The number of aryl methyl sites for hydroxylation is 1. The lowest BCUT2D eigenvalue weighted by Crippen LogP contribution is -2.43. The molecule has 10 heteroatoms. The molecule has 0 unspecified atom stereocenters. The van der Waals surface area contributed by atoms with Gasteiger partial charge in [-0.2, -0.15) is 4.31 Å². The Balaban J connectivity index is 2.34. The fourth-order valence-electron chi connectivity index (χ4n) is 1.90. The topological polar surface area (TPSA) is 109 Å². The molecule has 7 nitrogen and oxygen atoms in total. The number of hydrogen-bond donors (Lipinski definition) is 1. The van der Waals surface area contributed by atoms with Gasteiger partial charge in [0.05, 0.1) is 16.4 Å². The zero-order valence-corrected chi connectivity index (χ0v) is 13.0. The Bertz CT molecular complexity index is 732. The van der Waals surface area contributed by atoms with Crippen LogP contribution in [-0.4, -0.2) is 56.8 Å². The first-order valence-corrected chi connectivity index (χ1v) is 9.75. The van der Waals surface area contributed by atoms with Crippen LogP contribution in [-0.2, 0) is 19.9 Å². The van der Waals surface area contributed by atoms with E-state index in [1.54, 1.807) is 0 Å². The highest BCUT2D eigenvalue weighted by Crippen LogP contribution is 2.28. The lowest BCUT2D eigenvalue weighted by Gasteiger charge is -2.25. The van der Waals surface area contributed by atoms with E-state index >= 15 is 0 Å². The van der Waals surface area contributed by atoms with E-state index in [1.807, 2.05) is 0 Å². The number of thiophene rings is 1. The highest BCUT2D eigenvalue weighted by Gasteiger charge is 2.33. The molecule has 1 aromatic heterocycles. The van der Waals surface area contributed by atoms with Crippen molar-refractivity contribution in [3.05, 3.63) is 15.8 Å². The number of sulfone groups is 1. The van der Waals surface area contributed by atoms with Crippen molar-refractivity contribution in [1.29, 1.82) is 0 Å². The summed E-state index contributed by atoms with van der Waals surface area (Å²) in [4.78, 5) is 11.2. The molecule has 0 spiro atoms. The number of nitrogens with zero attached hydrogens (tertiary/aromatic N) is 1. The van der Waals surface area contributed by atoms with E-state index in [9.17, 15) is 21.6 Å². The molecule has 0 aromatic carbocycles. The van der Waals surface area contributed by atoms with Gasteiger partial charge in [-0.15, -0.1) is 11.3 Å². The van der Waals surface area contributed by atoms with Crippen molar-refractivity contribution >= 4 is 37.2 Å². The second kappa shape index (κ2) is 5.10. The summed E-state index contributed by atoms with van der Waals surface area (Å²) in [6, 6.07) is 1.13. The summed E-state index contributed by atoms with van der Waals surface area (Å²) in [6.45, 7) is 1.34. The maximum absolute atomic E-state index is 12.4. The van der Waals surface area contributed by atoms with E-state index in [2.05, 4.69) is 0 Å². The predicted octanol–water partition coefficient (Wildman–Crippen LogP) is 0.174. The molecule has 0 saturated carbocycles. The lowest BCUT2D eigenvalue weighted by molar-refractivity contribution is 0.0702. The van der Waals surface area contributed by atoms with E-state index < -0.39 is 25.8 Å². The minimum Gasteiger partial charge on any atom is -0.477 e. The molecule has 1 aromatic rings.